The predicted octanol–water partition coefficient (Wildman–Crippen LogP) is 2.63. The number of H-pyrrole nitrogens is 1. The number of nitro benzene ring substituents is 1. The molecule has 0 saturated heterocycles. The molecule has 27 heavy (non-hydrogen) atoms. The van der Waals surface area contributed by atoms with Crippen molar-refractivity contribution < 1.29 is 4.92 Å². The molecule has 4 aromatic rings. The van der Waals surface area contributed by atoms with E-state index in [1.807, 2.05) is 30.3 Å². The molecular weight excluding hydrogens is 348 g/mol. The summed E-state index contributed by atoms with van der Waals surface area (Å²) in [5.41, 5.74) is 1.32. The van der Waals surface area contributed by atoms with Gasteiger partial charge in [0.1, 0.15) is 5.39 Å². The first kappa shape index (κ1) is 16.5. The van der Waals surface area contributed by atoms with Crippen molar-refractivity contribution in [2.75, 3.05) is 5.32 Å². The minimum atomic E-state index is -0.444. The zero-order valence-electron chi connectivity index (χ0n) is 14.0. The van der Waals surface area contributed by atoms with E-state index in [-0.39, 0.29) is 23.7 Å². The number of hydrogen-bond donors (Lipinski definition) is 2. The molecule has 0 aliphatic heterocycles. The van der Waals surface area contributed by atoms with Crippen molar-refractivity contribution in [3.05, 3.63) is 86.8 Å². The quantitative estimate of drug-likeness (QED) is 0.416. The standard InChI is InChI=1S/C18H14N6O3/c25-17-14-11-20-23(13-7-2-1-3-8-13)16(14)21-18(22-17)19-10-12-6-4-5-9-15(12)24(26)27/h1-9,11H,10H2,(H2,19,21,22,25). The smallest absolute Gasteiger partial charge is 0.274 e. The number of nitrogens with one attached hydrogen (secondary N) is 2. The maximum atomic E-state index is 12.3. The zero-order chi connectivity index (χ0) is 18.8. The maximum Gasteiger partial charge on any atom is 0.274 e. The highest BCUT2D eigenvalue weighted by Crippen LogP contribution is 2.19. The van der Waals surface area contributed by atoms with E-state index < -0.39 is 4.92 Å². The number of nitro groups is 1. The van der Waals surface area contributed by atoms with Gasteiger partial charge in [-0.1, -0.05) is 36.4 Å². The molecule has 0 radical (unpaired) electrons. The third-order valence-electron chi connectivity index (χ3n) is 4.07. The van der Waals surface area contributed by atoms with Crippen molar-refractivity contribution in [1.82, 2.24) is 19.7 Å². The van der Waals surface area contributed by atoms with Gasteiger partial charge in [-0.05, 0) is 12.1 Å². The Morgan fingerprint density at radius 1 is 1.11 bits per heavy atom. The van der Waals surface area contributed by atoms with Gasteiger partial charge in [0.2, 0.25) is 5.95 Å². The lowest BCUT2D eigenvalue weighted by molar-refractivity contribution is -0.385. The molecule has 9 nitrogen and oxygen atoms in total. The Morgan fingerprint density at radius 3 is 2.63 bits per heavy atom. The first-order chi connectivity index (χ1) is 13.1. The van der Waals surface area contributed by atoms with Gasteiger partial charge >= 0.3 is 0 Å². The van der Waals surface area contributed by atoms with Crippen LogP contribution >= 0.6 is 0 Å². The minimum absolute atomic E-state index is 0.00255. The Hall–Kier alpha value is -4.01. The molecule has 4 rings (SSSR count). The first-order valence-electron chi connectivity index (χ1n) is 8.13. The van der Waals surface area contributed by atoms with Crippen LogP contribution in [0.15, 0.2) is 65.6 Å². The van der Waals surface area contributed by atoms with Crippen molar-refractivity contribution in [2.24, 2.45) is 0 Å². The van der Waals surface area contributed by atoms with Gasteiger partial charge in [-0.2, -0.15) is 10.1 Å². The maximum absolute atomic E-state index is 12.3. The Morgan fingerprint density at radius 2 is 1.85 bits per heavy atom. The van der Waals surface area contributed by atoms with Gasteiger partial charge in [0.25, 0.3) is 11.2 Å². The summed E-state index contributed by atoms with van der Waals surface area (Å²) < 4.78 is 1.57. The van der Waals surface area contributed by atoms with Crippen molar-refractivity contribution in [3.63, 3.8) is 0 Å². The van der Waals surface area contributed by atoms with E-state index >= 15 is 0 Å². The zero-order valence-corrected chi connectivity index (χ0v) is 14.0. The second-order valence-electron chi connectivity index (χ2n) is 5.78. The average Bonchev–Trinajstić information content (AvgIpc) is 3.12. The number of para-hydroxylation sites is 2. The number of rotatable bonds is 5. The normalized spacial score (nSPS) is 10.8. The minimum Gasteiger partial charge on any atom is -0.351 e. The predicted molar refractivity (Wildman–Crippen MR) is 99.9 cm³/mol. The Balaban J connectivity index is 1.69. The summed E-state index contributed by atoms with van der Waals surface area (Å²) in [6.07, 6.45) is 1.46. The summed E-state index contributed by atoms with van der Waals surface area (Å²) in [6.45, 7) is 0.144. The fourth-order valence-corrected chi connectivity index (χ4v) is 2.78. The number of benzene rings is 2. The third kappa shape index (κ3) is 3.13. The van der Waals surface area contributed by atoms with E-state index in [0.717, 1.165) is 5.69 Å². The van der Waals surface area contributed by atoms with Crippen molar-refractivity contribution in [1.29, 1.82) is 0 Å². The Kier molecular flexibility index (Phi) is 4.09. The molecule has 0 amide bonds. The lowest BCUT2D eigenvalue weighted by atomic mass is 10.2. The average molecular weight is 362 g/mol. The van der Waals surface area contributed by atoms with Gasteiger partial charge in [0.15, 0.2) is 5.65 Å². The van der Waals surface area contributed by atoms with E-state index in [0.29, 0.717) is 16.6 Å². The molecule has 0 unspecified atom stereocenters. The highest BCUT2D eigenvalue weighted by molar-refractivity contribution is 5.76. The van der Waals surface area contributed by atoms with Crippen LogP contribution in [0.4, 0.5) is 11.6 Å². The molecule has 9 heteroatoms. The number of nitrogens with zero attached hydrogens (tertiary/aromatic N) is 4. The summed E-state index contributed by atoms with van der Waals surface area (Å²) in [5, 5.41) is 18.7. The number of fused-ring (bicyclic) bond motifs is 1. The molecule has 0 aliphatic carbocycles. The van der Waals surface area contributed by atoms with Crippen LogP contribution in [-0.4, -0.2) is 24.7 Å². The van der Waals surface area contributed by atoms with E-state index in [1.165, 1.54) is 12.3 Å². The number of aromatic amines is 1. The van der Waals surface area contributed by atoms with Crippen LogP contribution in [-0.2, 0) is 6.54 Å². The third-order valence-corrected chi connectivity index (χ3v) is 4.07. The van der Waals surface area contributed by atoms with Crippen molar-refractivity contribution >= 4 is 22.7 Å². The SMILES string of the molecule is O=c1[nH]c(NCc2ccccc2[N+](=O)[O-])nc2c1cnn2-c1ccccc1. The molecule has 2 aromatic carbocycles. The Bertz CT molecular complexity index is 1180. The van der Waals surface area contributed by atoms with Crippen LogP contribution in [0.1, 0.15) is 5.56 Å². The fourth-order valence-electron chi connectivity index (χ4n) is 2.78. The second kappa shape index (κ2) is 6.71. The second-order valence-corrected chi connectivity index (χ2v) is 5.78. The number of hydrogen-bond acceptors (Lipinski definition) is 6. The van der Waals surface area contributed by atoms with Crippen LogP contribution in [0, 0.1) is 10.1 Å². The van der Waals surface area contributed by atoms with Crippen LogP contribution < -0.4 is 10.9 Å². The molecule has 2 aromatic heterocycles. The van der Waals surface area contributed by atoms with Crippen LogP contribution in [0.5, 0.6) is 0 Å². The lowest BCUT2D eigenvalue weighted by Gasteiger charge is -2.07. The van der Waals surface area contributed by atoms with Crippen LogP contribution in [0.2, 0.25) is 0 Å². The molecule has 0 spiro atoms. The van der Waals surface area contributed by atoms with Crippen LogP contribution in [0.3, 0.4) is 0 Å². The fraction of sp³-hybridized carbons (Fsp3) is 0.0556. The van der Waals surface area contributed by atoms with Gasteiger partial charge in [-0.25, -0.2) is 4.68 Å². The molecule has 0 aliphatic rings. The van der Waals surface area contributed by atoms with Gasteiger partial charge in [0, 0.05) is 18.2 Å². The van der Waals surface area contributed by atoms with Gasteiger partial charge in [-0.15, -0.1) is 0 Å². The molecule has 134 valence electrons. The van der Waals surface area contributed by atoms with Gasteiger partial charge in [-0.3, -0.25) is 19.9 Å². The van der Waals surface area contributed by atoms with Crippen molar-refractivity contribution in [3.8, 4) is 5.69 Å². The summed E-state index contributed by atoms with van der Waals surface area (Å²) in [5.74, 6) is 0.211. The Labute approximate surface area is 152 Å². The first-order valence-corrected chi connectivity index (χ1v) is 8.13. The summed E-state index contributed by atoms with van der Waals surface area (Å²) in [6, 6.07) is 15.7. The lowest BCUT2D eigenvalue weighted by Crippen LogP contribution is -2.14. The number of anilines is 1. The largest absolute Gasteiger partial charge is 0.351 e. The molecule has 2 N–H and O–H groups in total. The van der Waals surface area contributed by atoms with Gasteiger partial charge in [0.05, 0.1) is 16.8 Å². The van der Waals surface area contributed by atoms with E-state index in [9.17, 15) is 14.9 Å². The van der Waals surface area contributed by atoms with E-state index in [4.69, 9.17) is 0 Å². The monoisotopic (exact) mass is 362 g/mol. The molecule has 0 saturated carbocycles. The summed E-state index contributed by atoms with van der Waals surface area (Å²) in [7, 11) is 0. The molecule has 0 atom stereocenters. The highest BCUT2D eigenvalue weighted by atomic mass is 16.6. The molecule has 2 heterocycles. The van der Waals surface area contributed by atoms with Crippen LogP contribution in [0.25, 0.3) is 16.7 Å². The molecule has 0 bridgehead atoms. The summed E-state index contributed by atoms with van der Waals surface area (Å²) >= 11 is 0. The van der Waals surface area contributed by atoms with Crippen molar-refractivity contribution in [2.45, 2.75) is 6.54 Å². The van der Waals surface area contributed by atoms with E-state index in [2.05, 4.69) is 20.4 Å². The number of aromatic nitrogens is 4. The van der Waals surface area contributed by atoms with Gasteiger partial charge < -0.3 is 5.32 Å². The topological polar surface area (TPSA) is 119 Å². The molecule has 0 fully saturated rings. The highest BCUT2D eigenvalue weighted by Gasteiger charge is 2.14. The van der Waals surface area contributed by atoms with E-state index in [1.54, 1.807) is 22.9 Å². The summed E-state index contributed by atoms with van der Waals surface area (Å²) in [4.78, 5) is 30.1. The molecular formula is C18H14N6O3.